The van der Waals surface area contributed by atoms with Gasteiger partial charge < -0.3 is 15.0 Å². The van der Waals surface area contributed by atoms with Crippen molar-refractivity contribution in [3.05, 3.63) is 88.4 Å². The summed E-state index contributed by atoms with van der Waals surface area (Å²) in [6.07, 6.45) is 0. The first-order chi connectivity index (χ1) is 18.1. The van der Waals surface area contributed by atoms with Crippen LogP contribution in [0.4, 0.5) is 5.69 Å². The van der Waals surface area contributed by atoms with Crippen LogP contribution >= 0.6 is 23.2 Å². The second-order valence-corrected chi connectivity index (χ2v) is 11.1. The van der Waals surface area contributed by atoms with Crippen LogP contribution in [0.1, 0.15) is 19.4 Å². The molecular weight excluding hydrogens is 549 g/mol. The molecule has 0 heterocycles. The Hall–Kier alpha value is -3.27. The third-order valence-corrected chi connectivity index (χ3v) is 8.13. The number of methoxy groups -OCH3 is 1. The lowest BCUT2D eigenvalue weighted by molar-refractivity contribution is -0.139. The number of rotatable bonds is 11. The van der Waals surface area contributed by atoms with Crippen molar-refractivity contribution in [1.29, 1.82) is 0 Å². The van der Waals surface area contributed by atoms with E-state index in [4.69, 9.17) is 27.9 Å². The van der Waals surface area contributed by atoms with Gasteiger partial charge in [0.1, 0.15) is 18.3 Å². The number of likely N-dealkylation sites (N-methyl/N-ethyl adjacent to an activating group) is 1. The third kappa shape index (κ3) is 6.98. The second-order valence-electron chi connectivity index (χ2n) is 8.36. The van der Waals surface area contributed by atoms with Crippen LogP contribution < -0.4 is 14.4 Å². The van der Waals surface area contributed by atoms with Crippen LogP contribution in [0.5, 0.6) is 5.75 Å². The van der Waals surface area contributed by atoms with Crippen molar-refractivity contribution < 1.29 is 22.7 Å². The Kier molecular flexibility index (Phi) is 10.0. The van der Waals surface area contributed by atoms with Gasteiger partial charge in [0, 0.05) is 18.1 Å². The molecular formula is C27H29Cl2N3O5S. The molecule has 1 atom stereocenters. The summed E-state index contributed by atoms with van der Waals surface area (Å²) in [6.45, 7) is 3.21. The SMILES string of the molecule is CCNC(=O)[C@@H](C)N(Cc1ccc(OC)cc1)C(=O)CN(c1ccc(Cl)cc1Cl)S(=O)(=O)c1ccccc1. The Morgan fingerprint density at radius 3 is 2.24 bits per heavy atom. The molecule has 3 aromatic carbocycles. The number of hydrogen-bond donors (Lipinski definition) is 1. The molecule has 11 heteroatoms. The topological polar surface area (TPSA) is 96.0 Å². The largest absolute Gasteiger partial charge is 0.497 e. The molecule has 38 heavy (non-hydrogen) atoms. The van der Waals surface area contributed by atoms with E-state index in [0.29, 0.717) is 17.3 Å². The van der Waals surface area contributed by atoms with Crippen LogP contribution in [0.25, 0.3) is 0 Å². The van der Waals surface area contributed by atoms with Crippen LogP contribution in [0, 0.1) is 0 Å². The van der Waals surface area contributed by atoms with Gasteiger partial charge in [0.05, 0.1) is 22.7 Å². The molecule has 3 aromatic rings. The number of nitrogens with zero attached hydrogens (tertiary/aromatic N) is 2. The zero-order valence-electron chi connectivity index (χ0n) is 21.2. The van der Waals surface area contributed by atoms with Crippen LogP contribution in [-0.2, 0) is 26.2 Å². The number of amides is 2. The van der Waals surface area contributed by atoms with E-state index in [9.17, 15) is 18.0 Å². The molecule has 0 aliphatic heterocycles. The number of hydrogen-bond acceptors (Lipinski definition) is 5. The molecule has 0 unspecified atom stereocenters. The molecule has 0 bridgehead atoms. The van der Waals surface area contributed by atoms with Crippen molar-refractivity contribution in [3.63, 3.8) is 0 Å². The molecule has 0 radical (unpaired) electrons. The van der Waals surface area contributed by atoms with Crippen molar-refractivity contribution in [2.45, 2.75) is 31.3 Å². The van der Waals surface area contributed by atoms with E-state index in [2.05, 4.69) is 5.32 Å². The second kappa shape index (κ2) is 13.0. The molecule has 3 rings (SSSR count). The van der Waals surface area contributed by atoms with Gasteiger partial charge in [0.15, 0.2) is 0 Å². The molecule has 0 aliphatic rings. The highest BCUT2D eigenvalue weighted by Crippen LogP contribution is 2.33. The normalized spacial score (nSPS) is 11.9. The van der Waals surface area contributed by atoms with Gasteiger partial charge in [-0.3, -0.25) is 13.9 Å². The minimum atomic E-state index is -4.21. The predicted molar refractivity (Wildman–Crippen MR) is 149 cm³/mol. The number of nitrogens with one attached hydrogen (secondary N) is 1. The van der Waals surface area contributed by atoms with Crippen LogP contribution in [0.15, 0.2) is 77.7 Å². The summed E-state index contributed by atoms with van der Waals surface area (Å²) < 4.78 is 33.6. The standard InChI is InChI=1S/C27H29Cl2N3O5S/c1-4-30-27(34)19(2)31(17-20-10-13-22(37-3)14-11-20)26(33)18-32(25-15-12-21(28)16-24(25)29)38(35,36)23-8-6-5-7-9-23/h5-16,19H,4,17-18H2,1-3H3,(H,30,34)/t19-/m1/s1. The first-order valence-corrected chi connectivity index (χ1v) is 14.0. The Labute approximate surface area is 233 Å². The lowest BCUT2D eigenvalue weighted by atomic mass is 10.1. The van der Waals surface area contributed by atoms with E-state index >= 15 is 0 Å². The van der Waals surface area contributed by atoms with Crippen molar-refractivity contribution in [3.8, 4) is 5.75 Å². The minimum Gasteiger partial charge on any atom is -0.497 e. The lowest BCUT2D eigenvalue weighted by Gasteiger charge is -2.32. The number of halogens is 2. The van der Waals surface area contributed by atoms with Gasteiger partial charge in [0.25, 0.3) is 10.0 Å². The maximum absolute atomic E-state index is 13.8. The highest BCUT2D eigenvalue weighted by atomic mass is 35.5. The third-order valence-electron chi connectivity index (χ3n) is 5.82. The maximum atomic E-state index is 13.8. The van der Waals surface area contributed by atoms with Gasteiger partial charge in [-0.05, 0) is 61.9 Å². The molecule has 1 N–H and O–H groups in total. The summed E-state index contributed by atoms with van der Waals surface area (Å²) in [5.41, 5.74) is 0.820. The molecule has 0 saturated heterocycles. The first-order valence-electron chi connectivity index (χ1n) is 11.8. The highest BCUT2D eigenvalue weighted by Gasteiger charge is 2.33. The molecule has 0 aromatic heterocycles. The molecule has 0 saturated carbocycles. The number of ether oxygens (including phenoxy) is 1. The Morgan fingerprint density at radius 2 is 1.66 bits per heavy atom. The summed E-state index contributed by atoms with van der Waals surface area (Å²) >= 11 is 12.4. The summed E-state index contributed by atoms with van der Waals surface area (Å²) in [7, 11) is -2.67. The zero-order valence-corrected chi connectivity index (χ0v) is 23.6. The fourth-order valence-corrected chi connectivity index (χ4v) is 5.76. The molecule has 202 valence electrons. The maximum Gasteiger partial charge on any atom is 0.264 e. The highest BCUT2D eigenvalue weighted by molar-refractivity contribution is 7.92. The number of carbonyl (C=O) groups is 2. The summed E-state index contributed by atoms with van der Waals surface area (Å²) in [5, 5.41) is 3.09. The average Bonchev–Trinajstić information content (AvgIpc) is 2.91. The quantitative estimate of drug-likeness (QED) is 0.354. The van der Waals surface area contributed by atoms with E-state index in [1.54, 1.807) is 63.4 Å². The van der Waals surface area contributed by atoms with E-state index in [-0.39, 0.29) is 28.1 Å². The van der Waals surface area contributed by atoms with E-state index in [0.717, 1.165) is 9.87 Å². The Morgan fingerprint density at radius 1 is 1.00 bits per heavy atom. The van der Waals surface area contributed by atoms with Crippen molar-refractivity contribution in [2.75, 3.05) is 24.5 Å². The van der Waals surface area contributed by atoms with Gasteiger partial charge in [0.2, 0.25) is 11.8 Å². The zero-order chi connectivity index (χ0) is 27.9. The van der Waals surface area contributed by atoms with E-state index in [1.165, 1.54) is 35.2 Å². The van der Waals surface area contributed by atoms with E-state index < -0.39 is 28.5 Å². The van der Waals surface area contributed by atoms with Gasteiger partial charge in [-0.15, -0.1) is 0 Å². The van der Waals surface area contributed by atoms with Gasteiger partial charge in [-0.2, -0.15) is 0 Å². The number of sulfonamides is 1. The van der Waals surface area contributed by atoms with Crippen molar-refractivity contribution in [1.82, 2.24) is 10.2 Å². The van der Waals surface area contributed by atoms with Crippen LogP contribution in [-0.4, -0.2) is 51.4 Å². The number of benzene rings is 3. The number of anilines is 1. The van der Waals surface area contributed by atoms with Crippen molar-refractivity contribution >= 4 is 50.7 Å². The minimum absolute atomic E-state index is 0.0164. The monoisotopic (exact) mass is 577 g/mol. The van der Waals surface area contributed by atoms with Gasteiger partial charge >= 0.3 is 0 Å². The Balaban J connectivity index is 2.04. The summed E-state index contributed by atoms with van der Waals surface area (Å²) in [6, 6.07) is 18.2. The fraction of sp³-hybridized carbons (Fsp3) is 0.259. The van der Waals surface area contributed by atoms with Crippen LogP contribution in [0.3, 0.4) is 0 Å². The summed E-state index contributed by atoms with van der Waals surface area (Å²) in [4.78, 5) is 27.9. The average molecular weight is 579 g/mol. The molecule has 0 spiro atoms. The van der Waals surface area contributed by atoms with E-state index in [1.807, 2.05) is 0 Å². The van der Waals surface area contributed by atoms with Gasteiger partial charge in [-0.25, -0.2) is 8.42 Å². The molecule has 2 amide bonds. The first kappa shape index (κ1) is 29.3. The smallest absolute Gasteiger partial charge is 0.264 e. The lowest BCUT2D eigenvalue weighted by Crippen LogP contribution is -2.51. The molecule has 0 aliphatic carbocycles. The predicted octanol–water partition coefficient (Wildman–Crippen LogP) is 4.75. The Bertz CT molecular complexity index is 1370. The van der Waals surface area contributed by atoms with Crippen LogP contribution in [0.2, 0.25) is 10.0 Å². The van der Waals surface area contributed by atoms with Crippen molar-refractivity contribution in [2.24, 2.45) is 0 Å². The molecule has 8 nitrogen and oxygen atoms in total. The number of carbonyl (C=O) groups excluding carboxylic acids is 2. The fourth-order valence-electron chi connectivity index (χ4n) is 3.75. The summed E-state index contributed by atoms with van der Waals surface area (Å²) in [5.74, 6) is -0.317. The molecule has 0 fully saturated rings. The van der Waals surface area contributed by atoms with Gasteiger partial charge in [-0.1, -0.05) is 53.5 Å².